The molecule has 1 aromatic rings. The van der Waals surface area contributed by atoms with Crippen molar-refractivity contribution in [3.8, 4) is 5.75 Å². The van der Waals surface area contributed by atoms with Crippen LogP contribution in [0.2, 0.25) is 0 Å². The lowest BCUT2D eigenvalue weighted by molar-refractivity contribution is 0.0693. The number of aromatic hydroxyl groups is 1. The van der Waals surface area contributed by atoms with E-state index in [1.165, 1.54) is 0 Å². The van der Waals surface area contributed by atoms with Crippen molar-refractivity contribution >= 4 is 5.97 Å². The van der Waals surface area contributed by atoms with Crippen LogP contribution in [0.5, 0.6) is 5.75 Å². The van der Waals surface area contributed by atoms with E-state index in [2.05, 4.69) is 0 Å². The van der Waals surface area contributed by atoms with Gasteiger partial charge in [0.2, 0.25) is 0 Å². The molecule has 1 aromatic carbocycles. The van der Waals surface area contributed by atoms with Gasteiger partial charge in [0.15, 0.2) is 0 Å². The number of halogens is 1. The van der Waals surface area contributed by atoms with Gasteiger partial charge in [0, 0.05) is 12.1 Å². The topological polar surface area (TPSA) is 83.6 Å². The first-order valence-corrected chi connectivity index (χ1v) is 4.42. The quantitative estimate of drug-likeness (QED) is 0.702. The number of rotatable bonds is 3. The van der Waals surface area contributed by atoms with Crippen molar-refractivity contribution in [1.29, 1.82) is 0 Å². The number of phenols is 1. The number of aromatic carboxylic acids is 1. The number of carboxylic acids is 1. The van der Waals surface area contributed by atoms with Crippen molar-refractivity contribution in [3.05, 3.63) is 29.1 Å². The molecule has 4 nitrogen and oxygen atoms in total. The van der Waals surface area contributed by atoms with Crippen molar-refractivity contribution in [3.63, 3.8) is 0 Å². The van der Waals surface area contributed by atoms with Gasteiger partial charge >= 0.3 is 5.97 Å². The van der Waals surface area contributed by atoms with Crippen LogP contribution in [0.25, 0.3) is 0 Å². The summed E-state index contributed by atoms with van der Waals surface area (Å²) in [5, 5.41) is 17.9. The van der Waals surface area contributed by atoms with Crippen molar-refractivity contribution in [2.45, 2.75) is 19.4 Å². The highest BCUT2D eigenvalue weighted by Gasteiger charge is 2.15. The third-order valence-electron chi connectivity index (χ3n) is 1.94. The van der Waals surface area contributed by atoms with Crippen LogP contribution in [0.4, 0.5) is 4.39 Å². The van der Waals surface area contributed by atoms with Gasteiger partial charge in [-0.25, -0.2) is 9.18 Å². The molecule has 0 bridgehead atoms. The maximum Gasteiger partial charge on any atom is 0.339 e. The van der Waals surface area contributed by atoms with Gasteiger partial charge in [-0.15, -0.1) is 0 Å². The first kappa shape index (κ1) is 11.5. The third kappa shape index (κ3) is 2.66. The summed E-state index contributed by atoms with van der Waals surface area (Å²) in [5.74, 6) is -2.51. The summed E-state index contributed by atoms with van der Waals surface area (Å²) in [5.41, 5.74) is 5.36. The molecule has 5 heteroatoms. The van der Waals surface area contributed by atoms with Gasteiger partial charge in [0.1, 0.15) is 17.1 Å². The number of hydrogen-bond acceptors (Lipinski definition) is 3. The Labute approximate surface area is 86.1 Å². The molecule has 4 N–H and O–H groups in total. The molecule has 0 amide bonds. The number of nitrogens with two attached hydrogens (primary N) is 1. The average molecular weight is 213 g/mol. The highest BCUT2D eigenvalue weighted by Crippen LogP contribution is 2.22. The standard InChI is InChI=1S/C10H12FNO3/c1-5(12)2-6-3-7(10(14)15)9(13)4-8(6)11/h3-5,13H,2,12H2,1H3,(H,14,15)/t5-/m1/s1. The molecule has 0 aliphatic heterocycles. The van der Waals surface area contributed by atoms with E-state index < -0.39 is 17.5 Å². The number of carboxylic acid groups (broad SMARTS) is 1. The van der Waals surface area contributed by atoms with Crippen LogP contribution in [0.15, 0.2) is 12.1 Å². The van der Waals surface area contributed by atoms with Crippen LogP contribution < -0.4 is 5.73 Å². The number of benzene rings is 1. The molecule has 1 rings (SSSR count). The largest absolute Gasteiger partial charge is 0.507 e. The fourth-order valence-electron chi connectivity index (χ4n) is 1.28. The molecule has 82 valence electrons. The molecule has 15 heavy (non-hydrogen) atoms. The lowest BCUT2D eigenvalue weighted by Crippen LogP contribution is -2.19. The number of carbonyl (C=O) groups is 1. The number of hydrogen-bond donors (Lipinski definition) is 3. The second-order valence-electron chi connectivity index (χ2n) is 3.45. The predicted molar refractivity (Wildman–Crippen MR) is 52.4 cm³/mol. The lowest BCUT2D eigenvalue weighted by atomic mass is 10.0. The average Bonchev–Trinajstić information content (AvgIpc) is 2.08. The minimum absolute atomic E-state index is 0.195. The second-order valence-corrected chi connectivity index (χ2v) is 3.45. The van der Waals surface area contributed by atoms with Gasteiger partial charge in [0.25, 0.3) is 0 Å². The second kappa shape index (κ2) is 4.27. The summed E-state index contributed by atoms with van der Waals surface area (Å²) in [6, 6.07) is 1.63. The van der Waals surface area contributed by atoms with Crippen molar-refractivity contribution in [2.24, 2.45) is 5.73 Å². The van der Waals surface area contributed by atoms with E-state index in [9.17, 15) is 9.18 Å². The van der Waals surface area contributed by atoms with Crippen LogP contribution in [0.3, 0.4) is 0 Å². The monoisotopic (exact) mass is 213 g/mol. The highest BCUT2D eigenvalue weighted by molar-refractivity contribution is 5.90. The maximum atomic E-state index is 13.2. The Kier molecular flexibility index (Phi) is 3.26. The molecule has 0 aliphatic rings. The summed E-state index contributed by atoms with van der Waals surface area (Å²) in [4.78, 5) is 10.7. The molecule has 1 atom stereocenters. The predicted octanol–water partition coefficient (Wildman–Crippen LogP) is 1.12. The van der Waals surface area contributed by atoms with Gasteiger partial charge in [-0.05, 0) is 25.0 Å². The van der Waals surface area contributed by atoms with Gasteiger partial charge in [-0.2, -0.15) is 0 Å². The van der Waals surface area contributed by atoms with Crippen LogP contribution >= 0.6 is 0 Å². The Morgan fingerprint density at radius 3 is 2.67 bits per heavy atom. The van der Waals surface area contributed by atoms with Crippen LogP contribution in [0, 0.1) is 5.82 Å². The summed E-state index contributed by atoms with van der Waals surface area (Å²) < 4.78 is 13.2. The van der Waals surface area contributed by atoms with Crippen molar-refractivity contribution < 1.29 is 19.4 Å². The Bertz CT molecular complexity index is 390. The molecule has 0 aromatic heterocycles. The first-order valence-electron chi connectivity index (χ1n) is 4.42. The van der Waals surface area contributed by atoms with Crippen LogP contribution in [0.1, 0.15) is 22.8 Å². The summed E-state index contributed by atoms with van der Waals surface area (Å²) in [6.07, 6.45) is 0.229. The lowest BCUT2D eigenvalue weighted by Gasteiger charge is -2.08. The Morgan fingerprint density at radius 2 is 2.20 bits per heavy atom. The smallest absolute Gasteiger partial charge is 0.339 e. The van der Waals surface area contributed by atoms with E-state index in [-0.39, 0.29) is 23.6 Å². The van der Waals surface area contributed by atoms with Gasteiger partial charge in [0.05, 0.1) is 0 Å². The zero-order valence-electron chi connectivity index (χ0n) is 8.20. The fourth-order valence-corrected chi connectivity index (χ4v) is 1.28. The van der Waals surface area contributed by atoms with E-state index in [0.717, 1.165) is 12.1 Å². The summed E-state index contributed by atoms with van der Waals surface area (Å²) >= 11 is 0. The fraction of sp³-hybridized carbons (Fsp3) is 0.300. The Morgan fingerprint density at radius 1 is 1.60 bits per heavy atom. The Hall–Kier alpha value is -1.62. The SMILES string of the molecule is C[C@@H](N)Cc1cc(C(=O)O)c(O)cc1F. The molecule has 0 heterocycles. The maximum absolute atomic E-state index is 13.2. The molecule has 0 radical (unpaired) electrons. The normalized spacial score (nSPS) is 12.5. The van der Waals surface area contributed by atoms with Crippen LogP contribution in [-0.2, 0) is 6.42 Å². The van der Waals surface area contributed by atoms with E-state index in [1.807, 2.05) is 0 Å². The van der Waals surface area contributed by atoms with Crippen LogP contribution in [-0.4, -0.2) is 22.2 Å². The molecule has 0 fully saturated rings. The molecule has 0 saturated heterocycles. The zero-order chi connectivity index (χ0) is 11.6. The van der Waals surface area contributed by atoms with E-state index in [1.54, 1.807) is 6.92 Å². The van der Waals surface area contributed by atoms with E-state index >= 15 is 0 Å². The summed E-state index contributed by atoms with van der Waals surface area (Å²) in [7, 11) is 0. The summed E-state index contributed by atoms with van der Waals surface area (Å²) in [6.45, 7) is 1.69. The van der Waals surface area contributed by atoms with Gasteiger partial charge < -0.3 is 15.9 Å². The molecular formula is C10H12FNO3. The van der Waals surface area contributed by atoms with Gasteiger partial charge in [-0.1, -0.05) is 0 Å². The molecule has 0 saturated carbocycles. The minimum atomic E-state index is -1.29. The highest BCUT2D eigenvalue weighted by atomic mass is 19.1. The van der Waals surface area contributed by atoms with E-state index in [4.69, 9.17) is 15.9 Å². The minimum Gasteiger partial charge on any atom is -0.507 e. The molecule has 0 aliphatic carbocycles. The molecule has 0 spiro atoms. The van der Waals surface area contributed by atoms with Crippen molar-refractivity contribution in [2.75, 3.05) is 0 Å². The molecule has 0 unspecified atom stereocenters. The van der Waals surface area contributed by atoms with Gasteiger partial charge in [-0.3, -0.25) is 0 Å². The van der Waals surface area contributed by atoms with Crippen molar-refractivity contribution in [1.82, 2.24) is 0 Å². The molecular weight excluding hydrogens is 201 g/mol. The first-order chi connectivity index (χ1) is 6.91. The third-order valence-corrected chi connectivity index (χ3v) is 1.94. The van der Waals surface area contributed by atoms with E-state index in [0.29, 0.717) is 0 Å². The zero-order valence-corrected chi connectivity index (χ0v) is 8.20. The Balaban J connectivity index is 3.17.